The highest BCUT2D eigenvalue weighted by Gasteiger charge is 2.31. The molecule has 146 valence electrons. The van der Waals surface area contributed by atoms with E-state index >= 15 is 0 Å². The second kappa shape index (κ2) is 8.94. The van der Waals surface area contributed by atoms with Gasteiger partial charge in [0.25, 0.3) is 5.91 Å². The number of benzene rings is 1. The molecule has 1 amide bonds. The first-order chi connectivity index (χ1) is 13.4. The van der Waals surface area contributed by atoms with Gasteiger partial charge in [0.2, 0.25) is 0 Å². The van der Waals surface area contributed by atoms with Crippen LogP contribution in [-0.2, 0) is 9.53 Å². The number of halogens is 1. The summed E-state index contributed by atoms with van der Waals surface area (Å²) >= 11 is 12.6. The fraction of sp³-hybridized carbons (Fsp3) is 0.250. The Morgan fingerprint density at radius 2 is 2.11 bits per heavy atom. The summed E-state index contributed by atoms with van der Waals surface area (Å²) in [6.45, 7) is 4.60. The lowest BCUT2D eigenvalue weighted by Gasteiger charge is -2.11. The Hall–Kier alpha value is -2.09. The van der Waals surface area contributed by atoms with Crippen molar-refractivity contribution < 1.29 is 18.7 Å². The average molecular weight is 436 g/mol. The maximum atomic E-state index is 12.4. The maximum absolute atomic E-state index is 12.4. The van der Waals surface area contributed by atoms with Crippen molar-refractivity contribution in [3.8, 4) is 11.3 Å². The van der Waals surface area contributed by atoms with E-state index in [1.54, 1.807) is 48.2 Å². The second-order valence-corrected chi connectivity index (χ2v) is 8.03. The van der Waals surface area contributed by atoms with Gasteiger partial charge < -0.3 is 9.15 Å². The molecule has 0 bridgehead atoms. The Labute approximate surface area is 177 Å². The predicted molar refractivity (Wildman–Crippen MR) is 115 cm³/mol. The van der Waals surface area contributed by atoms with Gasteiger partial charge in [-0.05, 0) is 43.7 Å². The summed E-state index contributed by atoms with van der Waals surface area (Å²) in [5.41, 5.74) is 0.963. The molecule has 5 nitrogen and oxygen atoms in total. The Kier molecular flexibility index (Phi) is 6.59. The molecule has 2 aromatic rings. The first kappa shape index (κ1) is 20.6. The van der Waals surface area contributed by atoms with E-state index in [-0.39, 0.29) is 18.1 Å². The number of ether oxygens (including phenoxy) is 1. The summed E-state index contributed by atoms with van der Waals surface area (Å²) < 4.78 is 11.4. The highest BCUT2D eigenvalue weighted by molar-refractivity contribution is 8.26. The normalized spacial score (nSPS) is 15.5. The number of furan rings is 1. The van der Waals surface area contributed by atoms with Gasteiger partial charge in [-0.2, -0.15) is 0 Å². The molecule has 0 radical (unpaired) electrons. The van der Waals surface area contributed by atoms with Crippen molar-refractivity contribution in [1.82, 2.24) is 4.90 Å². The molecule has 28 heavy (non-hydrogen) atoms. The number of hydrogen-bond donors (Lipinski definition) is 0. The van der Waals surface area contributed by atoms with Gasteiger partial charge in [-0.1, -0.05) is 42.5 Å². The molecule has 0 aliphatic carbocycles. The lowest BCUT2D eigenvalue weighted by atomic mass is 10.1. The van der Waals surface area contributed by atoms with Crippen LogP contribution in [0.25, 0.3) is 17.4 Å². The second-order valence-electron chi connectivity index (χ2n) is 5.95. The zero-order valence-electron chi connectivity index (χ0n) is 15.4. The lowest BCUT2D eigenvalue weighted by Crippen LogP contribution is -2.28. The largest absolute Gasteiger partial charge is 0.462 e. The highest BCUT2D eigenvalue weighted by Crippen LogP contribution is 2.34. The van der Waals surface area contributed by atoms with Crippen LogP contribution in [0.4, 0.5) is 0 Å². The van der Waals surface area contributed by atoms with Crippen LogP contribution < -0.4 is 0 Å². The zero-order valence-corrected chi connectivity index (χ0v) is 17.7. The fourth-order valence-corrected chi connectivity index (χ4v) is 4.16. The van der Waals surface area contributed by atoms with Crippen LogP contribution in [0, 0.1) is 0 Å². The van der Waals surface area contributed by atoms with Gasteiger partial charge in [0.15, 0.2) is 0 Å². The number of amides is 1. The number of thiocarbonyl (C=S) groups is 1. The number of hydrogen-bond acceptors (Lipinski definition) is 6. The van der Waals surface area contributed by atoms with Crippen LogP contribution in [0.3, 0.4) is 0 Å². The van der Waals surface area contributed by atoms with E-state index in [2.05, 4.69) is 0 Å². The standard InChI is InChI=1S/C20H18ClNO4S2/c1-3-9-22-18(23)17(28-20(22)27)11-13-6-8-16(26-13)12-5-7-15(21)14(10-12)19(24)25-4-2/h5-8,10-11H,3-4,9H2,1-2H3/b17-11-. The van der Waals surface area contributed by atoms with E-state index in [1.807, 2.05) is 6.92 Å². The van der Waals surface area contributed by atoms with Gasteiger partial charge in [0, 0.05) is 18.2 Å². The Balaban J connectivity index is 1.85. The summed E-state index contributed by atoms with van der Waals surface area (Å²) in [6.07, 6.45) is 2.52. The van der Waals surface area contributed by atoms with Gasteiger partial charge in [0.05, 0.1) is 22.1 Å². The number of carbonyl (C=O) groups is 2. The first-order valence-corrected chi connectivity index (χ1v) is 10.4. The number of thioether (sulfide) groups is 1. The van der Waals surface area contributed by atoms with E-state index in [9.17, 15) is 9.59 Å². The smallest absolute Gasteiger partial charge is 0.339 e. The van der Waals surface area contributed by atoms with E-state index < -0.39 is 5.97 Å². The van der Waals surface area contributed by atoms with Crippen molar-refractivity contribution in [1.29, 1.82) is 0 Å². The van der Waals surface area contributed by atoms with Crippen LogP contribution in [0.15, 0.2) is 39.7 Å². The van der Waals surface area contributed by atoms with Gasteiger partial charge in [0.1, 0.15) is 15.8 Å². The topological polar surface area (TPSA) is 59.8 Å². The van der Waals surface area contributed by atoms with Crippen molar-refractivity contribution in [2.45, 2.75) is 20.3 Å². The minimum Gasteiger partial charge on any atom is -0.462 e. The van der Waals surface area contributed by atoms with E-state index in [0.29, 0.717) is 37.9 Å². The van der Waals surface area contributed by atoms with E-state index in [4.69, 9.17) is 33.0 Å². The molecule has 0 spiro atoms. The summed E-state index contributed by atoms with van der Waals surface area (Å²) in [5, 5.41) is 0.313. The molecule has 0 unspecified atom stereocenters. The van der Waals surface area contributed by atoms with Crippen LogP contribution in [0.5, 0.6) is 0 Å². The maximum Gasteiger partial charge on any atom is 0.339 e. The molecular weight excluding hydrogens is 418 g/mol. The number of esters is 1. The quantitative estimate of drug-likeness (QED) is 0.344. The van der Waals surface area contributed by atoms with Crippen LogP contribution >= 0.6 is 35.6 Å². The van der Waals surface area contributed by atoms with Crippen LogP contribution in [-0.4, -0.2) is 34.2 Å². The molecule has 2 heterocycles. The van der Waals surface area contributed by atoms with Crippen molar-refractivity contribution in [2.24, 2.45) is 0 Å². The Bertz CT molecular complexity index is 967. The van der Waals surface area contributed by atoms with Crippen LogP contribution in [0.1, 0.15) is 36.4 Å². The Morgan fingerprint density at radius 1 is 1.32 bits per heavy atom. The number of carbonyl (C=O) groups excluding carboxylic acids is 2. The lowest BCUT2D eigenvalue weighted by molar-refractivity contribution is -0.122. The summed E-state index contributed by atoms with van der Waals surface area (Å²) in [6, 6.07) is 8.55. The van der Waals surface area contributed by atoms with E-state index in [1.165, 1.54) is 11.8 Å². The highest BCUT2D eigenvalue weighted by atomic mass is 35.5. The van der Waals surface area contributed by atoms with Gasteiger partial charge in [-0.3, -0.25) is 9.69 Å². The average Bonchev–Trinajstić information content (AvgIpc) is 3.23. The Morgan fingerprint density at radius 3 is 2.82 bits per heavy atom. The molecule has 3 rings (SSSR count). The molecule has 1 saturated heterocycles. The minimum absolute atomic E-state index is 0.106. The van der Waals surface area contributed by atoms with Crippen molar-refractivity contribution in [3.05, 3.63) is 51.6 Å². The fourth-order valence-electron chi connectivity index (χ4n) is 2.67. The predicted octanol–water partition coefficient (Wildman–Crippen LogP) is 5.39. The third-order valence-corrected chi connectivity index (χ3v) is 5.67. The van der Waals surface area contributed by atoms with Gasteiger partial charge in [-0.15, -0.1) is 0 Å². The molecule has 1 fully saturated rings. The summed E-state index contributed by atoms with van der Waals surface area (Å²) in [5.74, 6) is 0.490. The molecule has 1 aliphatic rings. The minimum atomic E-state index is -0.485. The van der Waals surface area contributed by atoms with Crippen molar-refractivity contribution in [3.63, 3.8) is 0 Å². The van der Waals surface area contributed by atoms with Crippen molar-refractivity contribution >= 4 is 57.9 Å². The number of nitrogens with zero attached hydrogens (tertiary/aromatic N) is 1. The van der Waals surface area contributed by atoms with Crippen LogP contribution in [0.2, 0.25) is 5.02 Å². The summed E-state index contributed by atoms with van der Waals surface area (Å²) in [4.78, 5) is 26.6. The zero-order chi connectivity index (χ0) is 20.3. The molecule has 8 heteroatoms. The third kappa shape index (κ3) is 4.32. The molecule has 0 saturated carbocycles. The molecule has 1 aromatic carbocycles. The summed E-state index contributed by atoms with van der Waals surface area (Å²) in [7, 11) is 0. The molecule has 1 aliphatic heterocycles. The van der Waals surface area contributed by atoms with E-state index in [0.717, 1.165) is 6.42 Å². The van der Waals surface area contributed by atoms with Gasteiger partial charge in [-0.25, -0.2) is 4.79 Å². The third-order valence-electron chi connectivity index (χ3n) is 3.97. The molecule has 1 aromatic heterocycles. The molecule has 0 atom stereocenters. The first-order valence-electron chi connectivity index (χ1n) is 8.76. The SMILES string of the molecule is CCCN1C(=O)/C(=C/c2ccc(-c3ccc(Cl)c(C(=O)OCC)c3)o2)SC1=S. The molecular formula is C20H18ClNO4S2. The van der Waals surface area contributed by atoms with Crippen molar-refractivity contribution in [2.75, 3.05) is 13.2 Å². The monoisotopic (exact) mass is 435 g/mol. The van der Waals surface area contributed by atoms with Gasteiger partial charge >= 0.3 is 5.97 Å². The molecule has 0 N–H and O–H groups in total. The number of rotatable bonds is 6.